The van der Waals surface area contributed by atoms with E-state index in [-0.39, 0.29) is 22.9 Å². The zero-order valence-electron chi connectivity index (χ0n) is 12.2. The van der Waals surface area contributed by atoms with Crippen molar-refractivity contribution in [1.82, 2.24) is 4.72 Å². The summed E-state index contributed by atoms with van der Waals surface area (Å²) in [6.45, 7) is 3.70. The molecule has 0 amide bonds. The lowest BCUT2D eigenvalue weighted by Gasteiger charge is -2.14. The number of hydrogen-bond donors (Lipinski definition) is 2. The first-order valence-electron chi connectivity index (χ1n) is 6.70. The average molecular weight is 323 g/mol. The second-order valence-corrected chi connectivity index (χ2v) is 6.85. The fourth-order valence-corrected chi connectivity index (χ4v) is 3.42. The van der Waals surface area contributed by atoms with Gasteiger partial charge in [0.05, 0.1) is 23.3 Å². The number of benzene rings is 1. The summed E-state index contributed by atoms with van der Waals surface area (Å²) in [6, 6.07) is 7.44. The van der Waals surface area contributed by atoms with Crippen LogP contribution in [-0.4, -0.2) is 19.5 Å². The average Bonchev–Trinajstić information content (AvgIpc) is 2.97. The number of aromatic carboxylic acids is 1. The van der Waals surface area contributed by atoms with Crippen molar-refractivity contribution < 1.29 is 22.7 Å². The summed E-state index contributed by atoms with van der Waals surface area (Å²) < 4.78 is 32.5. The minimum Gasteiger partial charge on any atom is -0.478 e. The van der Waals surface area contributed by atoms with Crippen molar-refractivity contribution in [3.8, 4) is 0 Å². The maximum absolute atomic E-state index is 12.5. The minimum atomic E-state index is -3.84. The molecule has 1 aromatic carbocycles. The summed E-state index contributed by atoms with van der Waals surface area (Å²) >= 11 is 0. The van der Waals surface area contributed by atoms with Crippen LogP contribution in [0.3, 0.4) is 0 Å². The molecule has 0 aliphatic heterocycles. The van der Waals surface area contributed by atoms with Gasteiger partial charge in [0.2, 0.25) is 10.0 Å². The fraction of sp³-hybridized carbons (Fsp3) is 0.267. The monoisotopic (exact) mass is 323 g/mol. The molecule has 0 spiro atoms. The Balaban J connectivity index is 2.38. The van der Waals surface area contributed by atoms with E-state index in [0.717, 1.165) is 0 Å². The highest BCUT2D eigenvalue weighted by Crippen LogP contribution is 2.25. The first-order valence-corrected chi connectivity index (χ1v) is 8.19. The van der Waals surface area contributed by atoms with Crippen LogP contribution in [0.15, 0.2) is 45.9 Å². The zero-order chi connectivity index (χ0) is 16.3. The fourth-order valence-electron chi connectivity index (χ4n) is 2.03. The Morgan fingerprint density at radius 2 is 2.05 bits per heavy atom. The van der Waals surface area contributed by atoms with Crippen molar-refractivity contribution in [3.05, 3.63) is 53.5 Å². The Morgan fingerprint density at radius 1 is 1.32 bits per heavy atom. The van der Waals surface area contributed by atoms with E-state index in [1.54, 1.807) is 12.1 Å². The van der Waals surface area contributed by atoms with E-state index >= 15 is 0 Å². The van der Waals surface area contributed by atoms with Crippen molar-refractivity contribution >= 4 is 16.0 Å². The first kappa shape index (κ1) is 16.3. The molecule has 0 radical (unpaired) electrons. The van der Waals surface area contributed by atoms with Crippen LogP contribution in [0, 0.1) is 0 Å². The second kappa shape index (κ2) is 6.33. The van der Waals surface area contributed by atoms with E-state index in [2.05, 4.69) is 4.72 Å². The van der Waals surface area contributed by atoms with Crippen LogP contribution in [0.4, 0.5) is 0 Å². The Kier molecular flexibility index (Phi) is 4.68. The highest BCUT2D eigenvalue weighted by molar-refractivity contribution is 7.89. The molecule has 1 heterocycles. The van der Waals surface area contributed by atoms with Crippen molar-refractivity contribution in [2.75, 3.05) is 0 Å². The summed E-state index contributed by atoms with van der Waals surface area (Å²) in [5, 5.41) is 9.05. The van der Waals surface area contributed by atoms with E-state index in [4.69, 9.17) is 9.52 Å². The van der Waals surface area contributed by atoms with Crippen molar-refractivity contribution in [2.24, 2.45) is 0 Å². The van der Waals surface area contributed by atoms with Crippen molar-refractivity contribution in [3.63, 3.8) is 0 Å². The van der Waals surface area contributed by atoms with Gasteiger partial charge in [-0.3, -0.25) is 0 Å². The third-order valence-corrected chi connectivity index (χ3v) is 4.65. The van der Waals surface area contributed by atoms with Gasteiger partial charge in [-0.25, -0.2) is 17.9 Å². The number of carboxylic acids is 1. The normalized spacial score (nSPS) is 11.8. The highest BCUT2D eigenvalue weighted by atomic mass is 32.2. The molecule has 6 nitrogen and oxygen atoms in total. The molecular formula is C15H17NO5S. The maximum atomic E-state index is 12.5. The molecule has 2 rings (SSSR count). The lowest BCUT2D eigenvalue weighted by molar-refractivity contribution is 0.0696. The summed E-state index contributed by atoms with van der Waals surface area (Å²) in [5.41, 5.74) is 0.500. The number of rotatable bonds is 6. The quantitative estimate of drug-likeness (QED) is 0.851. The van der Waals surface area contributed by atoms with E-state index in [1.165, 1.54) is 24.5 Å². The van der Waals surface area contributed by atoms with Crippen LogP contribution in [0.1, 0.15) is 41.4 Å². The third kappa shape index (κ3) is 3.55. The van der Waals surface area contributed by atoms with Gasteiger partial charge in [-0.1, -0.05) is 19.9 Å². The van der Waals surface area contributed by atoms with Crippen LogP contribution >= 0.6 is 0 Å². The Labute approximate surface area is 128 Å². The van der Waals surface area contributed by atoms with Crippen LogP contribution in [-0.2, 0) is 16.6 Å². The van der Waals surface area contributed by atoms with E-state index in [9.17, 15) is 13.2 Å². The SMILES string of the molecule is CC(C)c1ccc(C(=O)O)cc1S(=O)(=O)NCc1ccco1. The Bertz CT molecular complexity index is 763. The second-order valence-electron chi connectivity index (χ2n) is 5.12. The van der Waals surface area contributed by atoms with E-state index < -0.39 is 16.0 Å². The summed E-state index contributed by atoms with van der Waals surface area (Å²) in [7, 11) is -3.84. The Morgan fingerprint density at radius 3 is 2.59 bits per heavy atom. The van der Waals surface area contributed by atoms with Gasteiger partial charge in [-0.15, -0.1) is 0 Å². The summed E-state index contributed by atoms with van der Waals surface area (Å²) in [5.74, 6) is -0.750. The van der Waals surface area contributed by atoms with E-state index in [1.807, 2.05) is 13.8 Å². The maximum Gasteiger partial charge on any atom is 0.335 e. The minimum absolute atomic E-state index is 0.00413. The molecular weight excluding hydrogens is 306 g/mol. The van der Waals surface area contributed by atoms with Crippen LogP contribution in [0.2, 0.25) is 0 Å². The number of carboxylic acid groups (broad SMARTS) is 1. The number of sulfonamides is 1. The number of nitrogens with one attached hydrogen (secondary N) is 1. The highest BCUT2D eigenvalue weighted by Gasteiger charge is 2.22. The molecule has 7 heteroatoms. The van der Waals surface area contributed by atoms with Gasteiger partial charge < -0.3 is 9.52 Å². The standard InChI is InChI=1S/C15H17NO5S/c1-10(2)13-6-5-11(15(17)18)8-14(13)22(19,20)16-9-12-4-3-7-21-12/h3-8,10,16H,9H2,1-2H3,(H,17,18). The predicted molar refractivity (Wildman–Crippen MR) is 80.2 cm³/mol. The van der Waals surface area contributed by atoms with Gasteiger partial charge in [-0.05, 0) is 35.7 Å². The van der Waals surface area contributed by atoms with Crippen LogP contribution in [0.5, 0.6) is 0 Å². The number of carbonyl (C=O) groups is 1. The van der Waals surface area contributed by atoms with Crippen LogP contribution in [0.25, 0.3) is 0 Å². The van der Waals surface area contributed by atoms with Gasteiger partial charge in [0, 0.05) is 0 Å². The van der Waals surface area contributed by atoms with Crippen LogP contribution < -0.4 is 4.72 Å². The van der Waals surface area contributed by atoms with Gasteiger partial charge >= 0.3 is 5.97 Å². The van der Waals surface area contributed by atoms with Gasteiger partial charge in [-0.2, -0.15) is 0 Å². The molecule has 22 heavy (non-hydrogen) atoms. The topological polar surface area (TPSA) is 96.6 Å². The van der Waals surface area contributed by atoms with Crippen molar-refractivity contribution in [1.29, 1.82) is 0 Å². The molecule has 0 unspecified atom stereocenters. The number of hydrogen-bond acceptors (Lipinski definition) is 4. The first-order chi connectivity index (χ1) is 10.3. The molecule has 0 saturated carbocycles. The number of furan rings is 1. The molecule has 0 aliphatic rings. The van der Waals surface area contributed by atoms with E-state index in [0.29, 0.717) is 11.3 Å². The predicted octanol–water partition coefficient (Wildman–Crippen LogP) is 2.58. The molecule has 0 bridgehead atoms. The van der Waals surface area contributed by atoms with Gasteiger partial charge in [0.25, 0.3) is 0 Å². The molecule has 0 fully saturated rings. The molecule has 0 saturated heterocycles. The summed E-state index contributed by atoms with van der Waals surface area (Å²) in [6.07, 6.45) is 1.45. The molecule has 0 atom stereocenters. The summed E-state index contributed by atoms with van der Waals surface area (Å²) in [4.78, 5) is 11.1. The van der Waals surface area contributed by atoms with Crippen molar-refractivity contribution in [2.45, 2.75) is 31.2 Å². The smallest absolute Gasteiger partial charge is 0.335 e. The largest absolute Gasteiger partial charge is 0.478 e. The zero-order valence-corrected chi connectivity index (χ0v) is 13.1. The molecule has 118 valence electrons. The molecule has 1 aromatic heterocycles. The molecule has 0 aliphatic carbocycles. The van der Waals surface area contributed by atoms with Gasteiger partial charge in [0.1, 0.15) is 5.76 Å². The molecule has 2 N–H and O–H groups in total. The lowest BCUT2D eigenvalue weighted by atomic mass is 10.0. The molecule has 2 aromatic rings. The lowest BCUT2D eigenvalue weighted by Crippen LogP contribution is -2.24. The Hall–Kier alpha value is -2.12. The third-order valence-electron chi connectivity index (χ3n) is 3.19. The van der Waals surface area contributed by atoms with Gasteiger partial charge in [0.15, 0.2) is 0 Å².